The van der Waals surface area contributed by atoms with Gasteiger partial charge in [-0.3, -0.25) is 13.9 Å². The summed E-state index contributed by atoms with van der Waals surface area (Å²) in [5.74, 6) is 0. The maximum atomic E-state index is 13.6. The second kappa shape index (κ2) is 10.3. The van der Waals surface area contributed by atoms with Crippen molar-refractivity contribution < 1.29 is 26.2 Å². The first-order valence-corrected chi connectivity index (χ1v) is 20.9. The van der Waals surface area contributed by atoms with Gasteiger partial charge in [-0.1, -0.05) is 41.5 Å². The molecule has 0 aliphatic carbocycles. The van der Waals surface area contributed by atoms with Crippen molar-refractivity contribution in [3.05, 3.63) is 43.7 Å². The maximum Gasteiger partial charge on any atom is 0.333 e. The van der Waals surface area contributed by atoms with E-state index in [0.717, 1.165) is 9.98 Å². The Hall–Kier alpha value is -1.56. The zero-order valence-electron chi connectivity index (χ0n) is 25.9. The van der Waals surface area contributed by atoms with Crippen molar-refractivity contribution in [1.82, 2.24) is 9.13 Å². The molecule has 3 heterocycles. The number of ether oxygens (including phenoxy) is 1. The Morgan fingerprint density at radius 3 is 2.05 bits per heavy atom. The first-order valence-electron chi connectivity index (χ1n) is 13.6. The van der Waals surface area contributed by atoms with Crippen LogP contribution in [-0.4, -0.2) is 58.6 Å². The fourth-order valence-corrected chi connectivity index (χ4v) is 7.94. The molecule has 0 radical (unpaired) electrons. The van der Waals surface area contributed by atoms with Crippen molar-refractivity contribution in [3.63, 3.8) is 0 Å². The van der Waals surface area contributed by atoms with Gasteiger partial charge >= 0.3 is 5.69 Å². The fraction of sp³-hybridized carbons (Fsp3) is 0.769. The molecular formula is C26H47N3O8SSi2. The van der Waals surface area contributed by atoms with E-state index in [2.05, 4.69) is 33.9 Å². The second-order valence-corrected chi connectivity index (χ2v) is 24.8. The van der Waals surface area contributed by atoms with E-state index in [1.807, 2.05) is 33.9 Å². The van der Waals surface area contributed by atoms with Crippen LogP contribution in [0.5, 0.6) is 0 Å². The molecule has 4 unspecified atom stereocenters. The number of aryl methyl sites for hydroxylation is 1. The van der Waals surface area contributed by atoms with E-state index in [4.69, 9.17) is 23.5 Å². The third kappa shape index (κ3) is 5.60. The van der Waals surface area contributed by atoms with Gasteiger partial charge in [-0.25, -0.2) is 8.98 Å². The van der Waals surface area contributed by atoms with Gasteiger partial charge in [-0.15, -0.1) is 0 Å². The lowest BCUT2D eigenvalue weighted by molar-refractivity contribution is -0.0567. The van der Waals surface area contributed by atoms with Crippen molar-refractivity contribution >= 4 is 26.8 Å². The van der Waals surface area contributed by atoms with Gasteiger partial charge in [-0.05, 0) is 50.1 Å². The van der Waals surface area contributed by atoms with Crippen molar-refractivity contribution in [2.75, 3.05) is 6.61 Å². The minimum Gasteiger partial charge on any atom is -0.414 e. The molecule has 2 aliphatic heterocycles. The molecule has 0 amide bonds. The summed E-state index contributed by atoms with van der Waals surface area (Å²) in [7, 11) is -9.17. The van der Waals surface area contributed by atoms with Gasteiger partial charge in [0, 0.05) is 18.3 Å². The van der Waals surface area contributed by atoms with E-state index >= 15 is 0 Å². The zero-order chi connectivity index (χ0) is 30.9. The lowest BCUT2D eigenvalue weighted by Crippen LogP contribution is -2.59. The molecule has 228 valence electrons. The Labute approximate surface area is 240 Å². The van der Waals surface area contributed by atoms with Crippen LogP contribution in [0.2, 0.25) is 36.3 Å². The lowest BCUT2D eigenvalue weighted by Gasteiger charge is -2.43. The van der Waals surface area contributed by atoms with E-state index in [0.29, 0.717) is 5.56 Å². The number of hydrogen-bond acceptors (Lipinski definition) is 9. The van der Waals surface area contributed by atoms with Crippen molar-refractivity contribution in [2.24, 2.45) is 5.73 Å². The van der Waals surface area contributed by atoms with Crippen LogP contribution in [0.1, 0.15) is 60.3 Å². The topological polar surface area (TPSA) is 141 Å². The van der Waals surface area contributed by atoms with Gasteiger partial charge in [0.15, 0.2) is 28.5 Å². The van der Waals surface area contributed by atoms with Crippen molar-refractivity contribution in [2.45, 2.75) is 122 Å². The third-order valence-electron chi connectivity index (χ3n) is 9.03. The van der Waals surface area contributed by atoms with Gasteiger partial charge in [0.2, 0.25) is 0 Å². The maximum absolute atomic E-state index is 13.6. The van der Waals surface area contributed by atoms with Gasteiger partial charge < -0.3 is 19.3 Å². The molecule has 0 saturated carbocycles. The summed E-state index contributed by atoms with van der Waals surface area (Å²) >= 11 is 0. The van der Waals surface area contributed by atoms with E-state index < -0.39 is 62.0 Å². The minimum absolute atomic E-state index is 0.0322. The van der Waals surface area contributed by atoms with E-state index in [1.165, 1.54) is 10.8 Å². The monoisotopic (exact) mass is 617 g/mol. The van der Waals surface area contributed by atoms with Crippen LogP contribution in [0.15, 0.2) is 26.9 Å². The summed E-state index contributed by atoms with van der Waals surface area (Å²) in [5.41, 5.74) is 3.97. The molecule has 1 aromatic heterocycles. The number of nitrogens with zero attached hydrogens (tertiary/aromatic N) is 2. The molecule has 40 heavy (non-hydrogen) atoms. The molecular weight excluding hydrogens is 571 g/mol. The molecule has 11 nitrogen and oxygen atoms in total. The first kappa shape index (κ1) is 33.0. The van der Waals surface area contributed by atoms with Gasteiger partial charge in [0.25, 0.3) is 15.7 Å². The molecule has 4 atom stereocenters. The molecule has 1 saturated heterocycles. The second-order valence-electron chi connectivity index (χ2n) is 13.9. The standard InChI is InChI=1S/C26H47N3O8SSi2/c1-13-28-21(30)17(2)14-29(23(28)31)22-20(36-40(11,12)25(6,7)8)26(18(27)16-38(32,33)37-26)19(35-22)15-34-39(9,10)24(3,4)5/h14,16,19-20,22H,13,15,27H2,1-12H3. The Balaban J connectivity index is 2.29. The highest BCUT2D eigenvalue weighted by molar-refractivity contribution is 7.90. The molecule has 1 aromatic rings. The lowest BCUT2D eigenvalue weighted by atomic mass is 9.89. The van der Waals surface area contributed by atoms with Crippen molar-refractivity contribution in [3.8, 4) is 0 Å². The van der Waals surface area contributed by atoms with Gasteiger partial charge in [0.1, 0.15) is 12.2 Å². The molecule has 0 bridgehead atoms. The molecule has 3 rings (SSSR count). The third-order valence-corrected chi connectivity index (χ3v) is 19.0. The molecule has 14 heteroatoms. The highest BCUT2D eigenvalue weighted by Crippen LogP contribution is 2.52. The van der Waals surface area contributed by atoms with Crippen LogP contribution in [0, 0.1) is 6.92 Å². The Bertz CT molecular complexity index is 1400. The van der Waals surface area contributed by atoms with E-state index in [-0.39, 0.29) is 28.9 Å². The number of nitrogens with two attached hydrogens (primary N) is 1. The average Bonchev–Trinajstić information content (AvgIpc) is 3.20. The summed E-state index contributed by atoms with van der Waals surface area (Å²) < 4.78 is 53.9. The number of hydrogen-bond donors (Lipinski definition) is 1. The van der Waals surface area contributed by atoms with E-state index in [1.54, 1.807) is 13.8 Å². The Morgan fingerprint density at radius 1 is 1.05 bits per heavy atom. The summed E-state index contributed by atoms with van der Waals surface area (Å²) in [5, 5.41) is 0.471. The summed E-state index contributed by atoms with van der Waals surface area (Å²) in [6.07, 6.45) is -1.87. The SMILES string of the molecule is CCn1c(=O)c(C)cn(C2OC(CO[Si](C)(C)C(C)(C)C)C3(OS(=O)(=O)C=C3N)C2O[Si](C)(C)C(C)(C)C)c1=O. The van der Waals surface area contributed by atoms with Gasteiger partial charge in [-0.2, -0.15) is 8.42 Å². The largest absolute Gasteiger partial charge is 0.414 e. The quantitative estimate of drug-likeness (QED) is 0.359. The van der Waals surface area contributed by atoms with Crippen LogP contribution >= 0.6 is 0 Å². The van der Waals surface area contributed by atoms with Crippen LogP contribution in [0.25, 0.3) is 0 Å². The zero-order valence-corrected chi connectivity index (χ0v) is 28.8. The molecule has 1 spiro atoms. The number of aromatic nitrogens is 2. The highest BCUT2D eigenvalue weighted by atomic mass is 32.2. The van der Waals surface area contributed by atoms with Crippen LogP contribution in [-0.2, 0) is 34.4 Å². The van der Waals surface area contributed by atoms with Crippen LogP contribution < -0.4 is 17.0 Å². The molecule has 2 aliphatic rings. The van der Waals surface area contributed by atoms with E-state index in [9.17, 15) is 18.0 Å². The summed E-state index contributed by atoms with van der Waals surface area (Å²) in [6, 6.07) is 0. The van der Waals surface area contributed by atoms with Gasteiger partial charge in [0.05, 0.1) is 17.7 Å². The van der Waals surface area contributed by atoms with Crippen LogP contribution in [0.4, 0.5) is 0 Å². The molecule has 1 fully saturated rings. The van der Waals surface area contributed by atoms with Crippen molar-refractivity contribution in [1.29, 1.82) is 0 Å². The van der Waals surface area contributed by atoms with Crippen LogP contribution in [0.3, 0.4) is 0 Å². The fourth-order valence-electron chi connectivity index (χ4n) is 4.43. The smallest absolute Gasteiger partial charge is 0.333 e. The normalized spacial score (nSPS) is 27.4. The Kier molecular flexibility index (Phi) is 8.50. The Morgan fingerprint density at radius 2 is 1.60 bits per heavy atom. The summed E-state index contributed by atoms with van der Waals surface area (Å²) in [4.78, 5) is 26.3. The highest BCUT2D eigenvalue weighted by Gasteiger charge is 2.67. The number of rotatable bonds is 7. The molecule has 2 N–H and O–H groups in total. The minimum atomic E-state index is -4.19. The summed E-state index contributed by atoms with van der Waals surface area (Å²) in [6.45, 7) is 24.0. The predicted octanol–water partition coefficient (Wildman–Crippen LogP) is 3.55. The molecule has 0 aromatic carbocycles. The predicted molar refractivity (Wildman–Crippen MR) is 160 cm³/mol. The first-order chi connectivity index (χ1) is 17.9. The average molecular weight is 618 g/mol.